The van der Waals surface area contributed by atoms with E-state index in [4.69, 9.17) is 14.3 Å². The Kier molecular flexibility index (Phi) is 8.60. The monoisotopic (exact) mass is 387 g/mol. The Morgan fingerprint density at radius 2 is 1.43 bits per heavy atom. The first-order valence-corrected chi connectivity index (χ1v) is 9.29. The van der Waals surface area contributed by atoms with Gasteiger partial charge in [0.1, 0.15) is 6.10 Å². The van der Waals surface area contributed by atoms with Crippen LogP contribution in [0.2, 0.25) is 0 Å². The SMILES string of the molecule is CC(C)(C)ONC(=O)[C@H](OCc1ccccc1)[C@@H](CO)OCc1ccccc1. The highest BCUT2D eigenvalue weighted by molar-refractivity contribution is 5.80. The Balaban J connectivity index is 2.05. The molecular formula is C22H29NO5. The lowest BCUT2D eigenvalue weighted by Gasteiger charge is -2.27. The van der Waals surface area contributed by atoms with E-state index in [0.717, 1.165) is 11.1 Å². The molecule has 2 aromatic carbocycles. The van der Waals surface area contributed by atoms with Crippen molar-refractivity contribution in [2.75, 3.05) is 6.61 Å². The third-order valence-corrected chi connectivity index (χ3v) is 3.81. The first kappa shape index (κ1) is 22.0. The molecule has 0 aliphatic rings. The minimum atomic E-state index is -1.03. The Morgan fingerprint density at radius 1 is 0.929 bits per heavy atom. The van der Waals surface area contributed by atoms with E-state index in [9.17, 15) is 9.90 Å². The minimum absolute atomic E-state index is 0.208. The molecule has 0 fully saturated rings. The largest absolute Gasteiger partial charge is 0.394 e. The molecule has 0 bridgehead atoms. The summed E-state index contributed by atoms with van der Waals surface area (Å²) in [4.78, 5) is 18.0. The minimum Gasteiger partial charge on any atom is -0.394 e. The number of carbonyl (C=O) groups excluding carboxylic acids is 1. The fourth-order valence-corrected chi connectivity index (χ4v) is 2.39. The summed E-state index contributed by atoms with van der Waals surface area (Å²) in [6.45, 7) is 5.56. The third-order valence-electron chi connectivity index (χ3n) is 3.81. The van der Waals surface area contributed by atoms with Crippen molar-refractivity contribution in [3.05, 3.63) is 71.8 Å². The van der Waals surface area contributed by atoms with Crippen LogP contribution in [0, 0.1) is 0 Å². The maximum absolute atomic E-state index is 12.7. The molecule has 6 nitrogen and oxygen atoms in total. The van der Waals surface area contributed by atoms with Crippen molar-refractivity contribution in [1.29, 1.82) is 0 Å². The van der Waals surface area contributed by atoms with Crippen molar-refractivity contribution < 1.29 is 24.2 Å². The van der Waals surface area contributed by atoms with Crippen molar-refractivity contribution in [2.24, 2.45) is 0 Å². The second kappa shape index (κ2) is 10.9. The van der Waals surface area contributed by atoms with Gasteiger partial charge in [-0.25, -0.2) is 5.48 Å². The van der Waals surface area contributed by atoms with Crippen LogP contribution in [0.5, 0.6) is 0 Å². The molecule has 0 radical (unpaired) electrons. The van der Waals surface area contributed by atoms with Gasteiger partial charge in [-0.15, -0.1) is 0 Å². The maximum Gasteiger partial charge on any atom is 0.275 e. The molecule has 2 aromatic rings. The predicted molar refractivity (Wildman–Crippen MR) is 106 cm³/mol. The summed E-state index contributed by atoms with van der Waals surface area (Å²) in [7, 11) is 0. The number of ether oxygens (including phenoxy) is 2. The first-order valence-electron chi connectivity index (χ1n) is 9.29. The van der Waals surface area contributed by atoms with Crippen molar-refractivity contribution in [1.82, 2.24) is 5.48 Å². The second-order valence-corrected chi connectivity index (χ2v) is 7.42. The van der Waals surface area contributed by atoms with Crippen LogP contribution in [0.15, 0.2) is 60.7 Å². The zero-order valence-corrected chi connectivity index (χ0v) is 16.6. The molecule has 2 N–H and O–H groups in total. The van der Waals surface area contributed by atoms with E-state index in [1.54, 1.807) is 0 Å². The number of rotatable bonds is 10. The van der Waals surface area contributed by atoms with Crippen molar-refractivity contribution in [3.8, 4) is 0 Å². The second-order valence-electron chi connectivity index (χ2n) is 7.42. The van der Waals surface area contributed by atoms with Crippen LogP contribution in [0.25, 0.3) is 0 Å². The summed E-state index contributed by atoms with van der Waals surface area (Å²) in [5.74, 6) is -0.502. The Bertz CT molecular complexity index is 700. The fraction of sp³-hybridized carbons (Fsp3) is 0.409. The lowest BCUT2D eigenvalue weighted by atomic mass is 10.1. The number of hydroxylamine groups is 1. The summed E-state index contributed by atoms with van der Waals surface area (Å²) in [6.07, 6.45) is -1.87. The highest BCUT2D eigenvalue weighted by Gasteiger charge is 2.31. The zero-order chi connectivity index (χ0) is 20.4. The molecule has 6 heteroatoms. The molecule has 28 heavy (non-hydrogen) atoms. The third kappa shape index (κ3) is 7.78. The van der Waals surface area contributed by atoms with Gasteiger partial charge in [0.15, 0.2) is 6.10 Å². The number of benzene rings is 2. The van der Waals surface area contributed by atoms with Gasteiger partial charge in [0, 0.05) is 0 Å². The van der Waals surface area contributed by atoms with Crippen LogP contribution in [-0.2, 0) is 32.3 Å². The molecule has 0 spiro atoms. The highest BCUT2D eigenvalue weighted by Crippen LogP contribution is 2.13. The fourth-order valence-electron chi connectivity index (χ4n) is 2.39. The van der Waals surface area contributed by atoms with Crippen molar-refractivity contribution >= 4 is 5.91 Å². The van der Waals surface area contributed by atoms with E-state index in [0.29, 0.717) is 0 Å². The van der Waals surface area contributed by atoms with Crippen molar-refractivity contribution in [2.45, 2.75) is 51.8 Å². The average Bonchev–Trinajstić information content (AvgIpc) is 2.69. The van der Waals surface area contributed by atoms with Crippen molar-refractivity contribution in [3.63, 3.8) is 0 Å². The maximum atomic E-state index is 12.7. The van der Waals surface area contributed by atoms with E-state index in [2.05, 4.69) is 5.48 Å². The highest BCUT2D eigenvalue weighted by atomic mass is 16.7. The number of amides is 1. The average molecular weight is 387 g/mol. The van der Waals surface area contributed by atoms with Gasteiger partial charge >= 0.3 is 0 Å². The summed E-state index contributed by atoms with van der Waals surface area (Å²) < 4.78 is 11.6. The molecular weight excluding hydrogens is 358 g/mol. The predicted octanol–water partition coefficient (Wildman–Crippen LogP) is 3.00. The lowest BCUT2D eigenvalue weighted by Crippen LogP contribution is -2.48. The number of hydrogen-bond donors (Lipinski definition) is 2. The van der Waals surface area contributed by atoms with Crippen LogP contribution in [0.3, 0.4) is 0 Å². The Morgan fingerprint density at radius 3 is 1.89 bits per heavy atom. The molecule has 0 saturated heterocycles. The molecule has 2 rings (SSSR count). The van der Waals surface area contributed by atoms with Crippen LogP contribution in [0.4, 0.5) is 0 Å². The van der Waals surface area contributed by atoms with Gasteiger partial charge in [-0.05, 0) is 31.9 Å². The van der Waals surface area contributed by atoms with Crippen LogP contribution >= 0.6 is 0 Å². The summed E-state index contributed by atoms with van der Waals surface area (Å²) in [5.41, 5.74) is 3.71. The molecule has 0 saturated carbocycles. The van der Waals surface area contributed by atoms with Crippen LogP contribution in [0.1, 0.15) is 31.9 Å². The molecule has 0 aliphatic carbocycles. The molecule has 0 aliphatic heterocycles. The van der Waals surface area contributed by atoms with E-state index < -0.39 is 23.7 Å². The Hall–Kier alpha value is -2.25. The molecule has 2 atom stereocenters. The van der Waals surface area contributed by atoms with Gasteiger partial charge in [-0.3, -0.25) is 9.63 Å². The Labute approximate surface area is 166 Å². The van der Waals surface area contributed by atoms with Gasteiger partial charge in [0.25, 0.3) is 5.91 Å². The quantitative estimate of drug-likeness (QED) is 0.613. The molecule has 0 unspecified atom stereocenters. The summed E-state index contributed by atoms with van der Waals surface area (Å²) >= 11 is 0. The summed E-state index contributed by atoms with van der Waals surface area (Å²) in [6, 6.07) is 19.0. The normalized spacial score (nSPS) is 13.7. The number of aliphatic hydroxyl groups excluding tert-OH is 1. The molecule has 0 heterocycles. The topological polar surface area (TPSA) is 77.0 Å². The van der Waals surface area contributed by atoms with E-state index in [1.807, 2.05) is 81.4 Å². The number of nitrogens with one attached hydrogen (secondary N) is 1. The molecule has 1 amide bonds. The van der Waals surface area contributed by atoms with Crippen LogP contribution in [-0.4, -0.2) is 35.4 Å². The standard InChI is InChI=1S/C22H29NO5/c1-22(2,3)28-23-21(25)20(27-16-18-12-8-5-9-13-18)19(14-24)26-15-17-10-6-4-7-11-17/h4-13,19-20,24H,14-16H2,1-3H3,(H,23,25)/t19-,20-/m1/s1. The van der Waals surface area contributed by atoms with E-state index in [-0.39, 0.29) is 19.8 Å². The molecule has 152 valence electrons. The van der Waals surface area contributed by atoms with Gasteiger partial charge in [-0.2, -0.15) is 0 Å². The number of carbonyl (C=O) groups is 1. The van der Waals surface area contributed by atoms with Gasteiger partial charge < -0.3 is 14.6 Å². The van der Waals surface area contributed by atoms with Gasteiger partial charge in [-0.1, -0.05) is 60.7 Å². The van der Waals surface area contributed by atoms with Crippen LogP contribution < -0.4 is 5.48 Å². The molecule has 0 aromatic heterocycles. The smallest absolute Gasteiger partial charge is 0.275 e. The van der Waals surface area contributed by atoms with Gasteiger partial charge in [0.2, 0.25) is 0 Å². The summed E-state index contributed by atoms with van der Waals surface area (Å²) in [5, 5.41) is 9.82. The van der Waals surface area contributed by atoms with E-state index in [1.165, 1.54) is 0 Å². The number of aliphatic hydroxyl groups is 1. The number of hydrogen-bond acceptors (Lipinski definition) is 5. The zero-order valence-electron chi connectivity index (χ0n) is 16.6. The van der Waals surface area contributed by atoms with E-state index >= 15 is 0 Å². The lowest BCUT2D eigenvalue weighted by molar-refractivity contribution is -0.172. The first-order chi connectivity index (χ1) is 13.4. The van der Waals surface area contributed by atoms with Gasteiger partial charge in [0.05, 0.1) is 25.4 Å².